The van der Waals surface area contributed by atoms with Crippen LogP contribution in [-0.2, 0) is 27.7 Å². The first-order chi connectivity index (χ1) is 13.8. The molecule has 0 spiro atoms. The third-order valence-corrected chi connectivity index (χ3v) is 6.59. The van der Waals surface area contributed by atoms with Gasteiger partial charge in [-0.3, -0.25) is 14.5 Å². The third kappa shape index (κ3) is 6.09. The lowest BCUT2D eigenvalue weighted by Gasteiger charge is -2.09. The highest BCUT2D eigenvalue weighted by Gasteiger charge is 2.16. The van der Waals surface area contributed by atoms with Crippen molar-refractivity contribution in [1.82, 2.24) is 9.97 Å². The minimum atomic E-state index is -3.80. The molecule has 0 radical (unpaired) electrons. The fourth-order valence-electron chi connectivity index (χ4n) is 2.60. The molecule has 1 N–H and O–H groups in total. The van der Waals surface area contributed by atoms with E-state index in [1.807, 2.05) is 12.1 Å². The van der Waals surface area contributed by atoms with Crippen molar-refractivity contribution in [2.24, 2.45) is 0 Å². The van der Waals surface area contributed by atoms with E-state index < -0.39 is 10.0 Å². The molecule has 0 fully saturated rings. The fraction of sp³-hybridized carbons (Fsp3) is 0.150. The van der Waals surface area contributed by atoms with Crippen molar-refractivity contribution in [2.45, 2.75) is 24.2 Å². The number of aryl methyl sites for hydroxylation is 1. The minimum absolute atomic E-state index is 0.0107. The summed E-state index contributed by atoms with van der Waals surface area (Å²) in [7, 11) is -3.80. The number of carbonyl (C=O) groups excluding carboxylic acids is 1. The van der Waals surface area contributed by atoms with Crippen LogP contribution in [0.3, 0.4) is 0 Å². The lowest BCUT2D eigenvalue weighted by Crippen LogP contribution is -2.13. The molecule has 2 aromatic heterocycles. The van der Waals surface area contributed by atoms with Crippen LogP contribution >= 0.6 is 27.5 Å². The minimum Gasteiger partial charge on any atom is -0.299 e. The fourth-order valence-corrected chi connectivity index (χ4v) is 4.23. The number of carbonyl (C=O) groups is 1. The van der Waals surface area contributed by atoms with E-state index in [1.54, 1.807) is 36.7 Å². The first-order valence-electron chi connectivity index (χ1n) is 8.67. The Morgan fingerprint density at radius 2 is 1.86 bits per heavy atom. The Bertz CT molecular complexity index is 1110. The molecular formula is C20H17BrClN3O3S. The van der Waals surface area contributed by atoms with Crippen LogP contribution in [0.5, 0.6) is 0 Å². The molecular weight excluding hydrogens is 478 g/mol. The van der Waals surface area contributed by atoms with E-state index in [9.17, 15) is 13.2 Å². The van der Waals surface area contributed by atoms with Gasteiger partial charge in [-0.25, -0.2) is 13.4 Å². The molecule has 0 bridgehead atoms. The number of Topliss-reactive ketones (excluding diaryl/α,β-unsaturated/α-hetero) is 1. The lowest BCUT2D eigenvalue weighted by molar-refractivity contribution is -0.118. The van der Waals surface area contributed by atoms with Crippen LogP contribution in [0.25, 0.3) is 0 Å². The van der Waals surface area contributed by atoms with Gasteiger partial charge in [-0.05, 0) is 57.7 Å². The molecule has 3 aromatic rings. The number of hydrogen-bond donors (Lipinski definition) is 1. The molecule has 0 saturated heterocycles. The SMILES string of the molecule is O=C(CCc1cccnc1)Cc1ccc(NS(=O)(=O)c2cnc(Cl)c(Br)c2)cc1. The van der Waals surface area contributed by atoms with Crippen molar-refractivity contribution in [3.63, 3.8) is 0 Å². The summed E-state index contributed by atoms with van der Waals surface area (Å²) in [5.41, 5.74) is 2.23. The number of rotatable bonds is 8. The highest BCUT2D eigenvalue weighted by atomic mass is 79.9. The quantitative estimate of drug-likeness (QED) is 0.468. The first-order valence-corrected chi connectivity index (χ1v) is 11.3. The van der Waals surface area contributed by atoms with Crippen LogP contribution in [0.2, 0.25) is 5.15 Å². The zero-order valence-corrected chi connectivity index (χ0v) is 18.3. The lowest BCUT2D eigenvalue weighted by atomic mass is 10.0. The summed E-state index contributed by atoms with van der Waals surface area (Å²) in [5.74, 6) is 0.110. The van der Waals surface area contributed by atoms with Crippen molar-refractivity contribution in [3.8, 4) is 0 Å². The van der Waals surface area contributed by atoms with E-state index >= 15 is 0 Å². The number of nitrogens with one attached hydrogen (secondary N) is 1. The van der Waals surface area contributed by atoms with E-state index in [0.717, 1.165) is 11.1 Å². The predicted molar refractivity (Wildman–Crippen MR) is 115 cm³/mol. The van der Waals surface area contributed by atoms with Crippen molar-refractivity contribution in [1.29, 1.82) is 0 Å². The standard InChI is InChI=1S/C20H17BrClN3O3S/c21-19-11-18(13-24-20(19)22)29(27,28)25-16-6-3-14(4-7-16)10-17(26)8-5-15-2-1-9-23-12-15/h1-4,6-7,9,11-13,25H,5,8,10H2. The molecule has 150 valence electrons. The highest BCUT2D eigenvalue weighted by Crippen LogP contribution is 2.24. The van der Waals surface area contributed by atoms with E-state index in [2.05, 4.69) is 30.6 Å². The second kappa shape index (κ2) is 9.47. The Labute approximate surface area is 182 Å². The summed E-state index contributed by atoms with van der Waals surface area (Å²) < 4.78 is 27.8. The molecule has 3 rings (SSSR count). The number of benzene rings is 1. The maximum Gasteiger partial charge on any atom is 0.263 e. The molecule has 0 saturated carbocycles. The van der Waals surface area contributed by atoms with Crippen LogP contribution in [0.1, 0.15) is 17.5 Å². The van der Waals surface area contributed by atoms with Gasteiger partial charge in [0, 0.05) is 37.1 Å². The van der Waals surface area contributed by atoms with Gasteiger partial charge in [0.15, 0.2) is 0 Å². The monoisotopic (exact) mass is 493 g/mol. The summed E-state index contributed by atoms with van der Waals surface area (Å²) in [4.78, 5) is 20.0. The van der Waals surface area contributed by atoms with Crippen LogP contribution in [0, 0.1) is 0 Å². The molecule has 0 aliphatic rings. The van der Waals surface area contributed by atoms with Gasteiger partial charge in [-0.2, -0.15) is 0 Å². The molecule has 2 heterocycles. The number of nitrogens with zero attached hydrogens (tertiary/aromatic N) is 2. The zero-order valence-electron chi connectivity index (χ0n) is 15.2. The van der Waals surface area contributed by atoms with Crippen molar-refractivity contribution < 1.29 is 13.2 Å². The molecule has 0 unspecified atom stereocenters. The maximum atomic E-state index is 12.5. The number of hydrogen-bond acceptors (Lipinski definition) is 5. The highest BCUT2D eigenvalue weighted by molar-refractivity contribution is 9.10. The molecule has 0 amide bonds. The van der Waals surface area contributed by atoms with Crippen LogP contribution in [-0.4, -0.2) is 24.2 Å². The molecule has 9 heteroatoms. The Kier molecular flexibility index (Phi) is 7.00. The third-order valence-electron chi connectivity index (χ3n) is 4.10. The summed E-state index contributed by atoms with van der Waals surface area (Å²) in [6, 6.07) is 11.9. The van der Waals surface area contributed by atoms with Gasteiger partial charge in [0.2, 0.25) is 0 Å². The Balaban J connectivity index is 1.59. The Morgan fingerprint density at radius 1 is 1.10 bits per heavy atom. The number of sulfonamides is 1. The second-order valence-corrected chi connectivity index (χ2v) is 9.22. The average Bonchev–Trinajstić information content (AvgIpc) is 2.70. The van der Waals surface area contributed by atoms with Gasteiger partial charge >= 0.3 is 0 Å². The maximum absolute atomic E-state index is 12.5. The Morgan fingerprint density at radius 3 is 2.52 bits per heavy atom. The van der Waals surface area contributed by atoms with E-state index in [1.165, 1.54) is 12.3 Å². The normalized spacial score (nSPS) is 11.2. The number of halogens is 2. The smallest absolute Gasteiger partial charge is 0.263 e. The first kappa shape index (κ1) is 21.4. The van der Waals surface area contributed by atoms with Gasteiger partial charge in [0.05, 0.1) is 4.47 Å². The van der Waals surface area contributed by atoms with Crippen LogP contribution in [0.4, 0.5) is 5.69 Å². The van der Waals surface area contributed by atoms with Gasteiger partial charge in [0.25, 0.3) is 10.0 Å². The van der Waals surface area contributed by atoms with Gasteiger partial charge < -0.3 is 0 Å². The van der Waals surface area contributed by atoms with Crippen LogP contribution < -0.4 is 4.72 Å². The molecule has 1 aromatic carbocycles. The van der Waals surface area contributed by atoms with Crippen molar-refractivity contribution >= 4 is 49.0 Å². The molecule has 0 aliphatic carbocycles. The van der Waals surface area contributed by atoms with Gasteiger partial charge in [-0.15, -0.1) is 0 Å². The predicted octanol–water partition coefficient (Wildman–Crippen LogP) is 4.44. The summed E-state index contributed by atoms with van der Waals surface area (Å²) in [6.45, 7) is 0. The Hall–Kier alpha value is -2.29. The summed E-state index contributed by atoms with van der Waals surface area (Å²) >= 11 is 8.97. The largest absolute Gasteiger partial charge is 0.299 e. The van der Waals surface area contributed by atoms with E-state index in [0.29, 0.717) is 29.4 Å². The van der Waals surface area contributed by atoms with Gasteiger partial charge in [-0.1, -0.05) is 29.8 Å². The summed E-state index contributed by atoms with van der Waals surface area (Å²) in [6.07, 6.45) is 6.01. The van der Waals surface area contributed by atoms with Crippen molar-refractivity contribution in [3.05, 3.63) is 81.8 Å². The number of aromatic nitrogens is 2. The number of ketones is 1. The average molecular weight is 495 g/mol. The number of anilines is 1. The zero-order chi connectivity index (χ0) is 20.9. The number of pyridine rings is 2. The van der Waals surface area contributed by atoms with E-state index in [-0.39, 0.29) is 15.8 Å². The van der Waals surface area contributed by atoms with Gasteiger partial charge in [0.1, 0.15) is 15.8 Å². The van der Waals surface area contributed by atoms with E-state index in [4.69, 9.17) is 11.6 Å². The van der Waals surface area contributed by atoms with Crippen LogP contribution in [0.15, 0.2) is 70.4 Å². The topological polar surface area (TPSA) is 89.0 Å². The molecule has 6 nitrogen and oxygen atoms in total. The second-order valence-electron chi connectivity index (χ2n) is 6.32. The van der Waals surface area contributed by atoms with Crippen molar-refractivity contribution in [2.75, 3.05) is 4.72 Å². The molecule has 29 heavy (non-hydrogen) atoms. The molecule has 0 atom stereocenters. The summed E-state index contributed by atoms with van der Waals surface area (Å²) in [5, 5.41) is 0.182. The molecule has 0 aliphatic heterocycles.